The van der Waals surface area contributed by atoms with E-state index in [4.69, 9.17) is 4.74 Å². The number of rotatable bonds is 5. The number of hydrogen-bond acceptors (Lipinski definition) is 6. The molecule has 32 heavy (non-hydrogen) atoms. The standard InChI is InChI=1S/C22H25N5O4S/c1-25-12-18-14-27(15-19(13-25)31-18)32(29,30)20-5-2-16(3-6-20)10-24-22(28)17-4-7-21-23-8-9-26(21)11-17/h2-9,11,18-19H,10,12-15H2,1H3,(H,24,28)/t18-,19+. The number of carbonyl (C=O) groups excluding carboxylic acids is 1. The van der Waals surface area contributed by atoms with Crippen molar-refractivity contribution >= 4 is 21.6 Å². The number of imidazole rings is 1. The molecule has 1 amide bonds. The van der Waals surface area contributed by atoms with Gasteiger partial charge in [0.2, 0.25) is 10.0 Å². The molecule has 0 radical (unpaired) electrons. The number of fused-ring (bicyclic) bond motifs is 3. The first-order valence-electron chi connectivity index (χ1n) is 10.5. The Labute approximate surface area is 186 Å². The van der Waals surface area contributed by atoms with Crippen molar-refractivity contribution in [3.05, 3.63) is 66.1 Å². The van der Waals surface area contributed by atoms with Gasteiger partial charge in [-0.05, 0) is 36.9 Å². The molecule has 168 valence electrons. The first-order valence-corrected chi connectivity index (χ1v) is 12.0. The van der Waals surface area contributed by atoms with Gasteiger partial charge in [-0.1, -0.05) is 12.1 Å². The molecule has 2 aromatic heterocycles. The van der Waals surface area contributed by atoms with E-state index in [0.29, 0.717) is 25.2 Å². The zero-order valence-electron chi connectivity index (χ0n) is 17.7. The van der Waals surface area contributed by atoms with Crippen molar-refractivity contribution in [1.29, 1.82) is 0 Å². The Morgan fingerprint density at radius 3 is 2.53 bits per heavy atom. The van der Waals surface area contributed by atoms with Crippen molar-refractivity contribution < 1.29 is 17.9 Å². The lowest BCUT2D eigenvalue weighted by Gasteiger charge is -2.44. The minimum absolute atomic E-state index is 0.0988. The second kappa shape index (κ2) is 8.28. The topological polar surface area (TPSA) is 96.2 Å². The molecule has 2 aliphatic heterocycles. The van der Waals surface area contributed by atoms with Crippen LogP contribution < -0.4 is 5.32 Å². The molecule has 9 nitrogen and oxygen atoms in total. The van der Waals surface area contributed by atoms with E-state index in [1.165, 1.54) is 4.31 Å². The Balaban J connectivity index is 1.23. The van der Waals surface area contributed by atoms with E-state index in [1.54, 1.807) is 59.4 Å². The number of amides is 1. The van der Waals surface area contributed by atoms with Gasteiger partial charge in [0.05, 0.1) is 22.7 Å². The zero-order chi connectivity index (χ0) is 22.3. The van der Waals surface area contributed by atoms with Crippen LogP contribution in [0.2, 0.25) is 0 Å². The van der Waals surface area contributed by atoms with E-state index in [0.717, 1.165) is 24.3 Å². The van der Waals surface area contributed by atoms with E-state index < -0.39 is 10.0 Å². The molecule has 2 saturated heterocycles. The molecule has 0 spiro atoms. The second-order valence-corrected chi connectivity index (χ2v) is 10.3. The summed E-state index contributed by atoms with van der Waals surface area (Å²) in [6.07, 6.45) is 4.99. The predicted octanol–water partition coefficient (Wildman–Crippen LogP) is 0.968. The number of carbonyl (C=O) groups is 1. The number of nitrogens with zero attached hydrogens (tertiary/aromatic N) is 4. The van der Waals surface area contributed by atoms with Gasteiger partial charge in [0.1, 0.15) is 5.65 Å². The lowest BCUT2D eigenvalue weighted by Crippen LogP contribution is -2.59. The summed E-state index contributed by atoms with van der Waals surface area (Å²) in [4.78, 5) is 19.1. The van der Waals surface area contributed by atoms with Crippen LogP contribution in [-0.2, 0) is 21.3 Å². The summed E-state index contributed by atoms with van der Waals surface area (Å²) >= 11 is 0. The van der Waals surface area contributed by atoms with E-state index >= 15 is 0 Å². The number of aromatic nitrogens is 2. The van der Waals surface area contributed by atoms with Crippen molar-refractivity contribution in [2.24, 2.45) is 0 Å². The molecule has 5 rings (SSSR count). The lowest BCUT2D eigenvalue weighted by atomic mass is 10.1. The van der Waals surface area contributed by atoms with Crippen LogP contribution in [0.3, 0.4) is 0 Å². The van der Waals surface area contributed by atoms with Crippen LogP contribution in [0.1, 0.15) is 15.9 Å². The van der Waals surface area contributed by atoms with Gasteiger partial charge in [-0.2, -0.15) is 4.31 Å². The first kappa shape index (κ1) is 21.1. The van der Waals surface area contributed by atoms with Crippen LogP contribution in [0, 0.1) is 0 Å². The monoisotopic (exact) mass is 455 g/mol. The molecule has 2 fully saturated rings. The minimum atomic E-state index is -3.59. The molecule has 2 atom stereocenters. The largest absolute Gasteiger partial charge is 0.370 e. The summed E-state index contributed by atoms with van der Waals surface area (Å²) in [6.45, 7) is 2.49. The average Bonchev–Trinajstić information content (AvgIpc) is 3.25. The van der Waals surface area contributed by atoms with Gasteiger partial charge in [-0.3, -0.25) is 4.79 Å². The molecular formula is C22H25N5O4S. The SMILES string of the molecule is CN1C[C@@H]2CN(S(=O)(=O)c3ccc(CNC(=O)c4ccc5nccn5c4)cc3)C[C@H](C1)O2. The number of ether oxygens (including phenoxy) is 1. The molecule has 0 aliphatic carbocycles. The number of morpholine rings is 2. The summed E-state index contributed by atoms with van der Waals surface area (Å²) in [7, 11) is -1.56. The Hall–Kier alpha value is -2.79. The molecule has 1 aromatic carbocycles. The zero-order valence-corrected chi connectivity index (χ0v) is 18.5. The third kappa shape index (κ3) is 4.14. The molecule has 4 heterocycles. The maximum absolute atomic E-state index is 13.1. The Kier molecular flexibility index (Phi) is 5.46. The third-order valence-corrected chi connectivity index (χ3v) is 7.74. The molecule has 3 aromatic rings. The van der Waals surface area contributed by atoms with E-state index in [2.05, 4.69) is 15.2 Å². The van der Waals surface area contributed by atoms with Gasteiger partial charge in [-0.15, -0.1) is 0 Å². The fourth-order valence-corrected chi connectivity index (χ4v) is 5.82. The molecule has 0 unspecified atom stereocenters. The number of sulfonamides is 1. The Morgan fingerprint density at radius 1 is 1.09 bits per heavy atom. The highest BCUT2D eigenvalue weighted by atomic mass is 32.2. The first-order chi connectivity index (χ1) is 15.4. The van der Waals surface area contributed by atoms with Gasteiger partial charge in [0, 0.05) is 51.3 Å². The van der Waals surface area contributed by atoms with Crippen molar-refractivity contribution in [2.75, 3.05) is 33.2 Å². The van der Waals surface area contributed by atoms with Gasteiger partial charge in [-0.25, -0.2) is 13.4 Å². The van der Waals surface area contributed by atoms with Crippen LogP contribution in [-0.4, -0.2) is 78.3 Å². The minimum Gasteiger partial charge on any atom is -0.370 e. The molecule has 2 aliphatic rings. The Morgan fingerprint density at radius 2 is 1.81 bits per heavy atom. The number of nitrogens with one attached hydrogen (secondary N) is 1. The van der Waals surface area contributed by atoms with Crippen LogP contribution in [0.25, 0.3) is 5.65 Å². The normalized spacial score (nSPS) is 22.2. The van der Waals surface area contributed by atoms with E-state index in [-0.39, 0.29) is 23.0 Å². The molecule has 0 saturated carbocycles. The van der Waals surface area contributed by atoms with E-state index in [1.807, 2.05) is 7.05 Å². The summed E-state index contributed by atoms with van der Waals surface area (Å²) < 4.78 is 35.5. The fourth-order valence-electron chi connectivity index (χ4n) is 4.32. The van der Waals surface area contributed by atoms with Crippen LogP contribution in [0.4, 0.5) is 0 Å². The van der Waals surface area contributed by atoms with Crippen molar-refractivity contribution in [1.82, 2.24) is 23.9 Å². The number of pyridine rings is 1. The highest BCUT2D eigenvalue weighted by Crippen LogP contribution is 2.24. The molecular weight excluding hydrogens is 430 g/mol. The fraction of sp³-hybridized carbons (Fsp3) is 0.364. The second-order valence-electron chi connectivity index (χ2n) is 8.36. The summed E-state index contributed by atoms with van der Waals surface area (Å²) in [5.41, 5.74) is 2.12. The van der Waals surface area contributed by atoms with Gasteiger partial charge >= 0.3 is 0 Å². The van der Waals surface area contributed by atoms with E-state index in [9.17, 15) is 13.2 Å². The van der Waals surface area contributed by atoms with Crippen LogP contribution >= 0.6 is 0 Å². The summed E-state index contributed by atoms with van der Waals surface area (Å²) in [6, 6.07) is 10.2. The quantitative estimate of drug-likeness (QED) is 0.616. The van der Waals surface area contributed by atoms with Gasteiger partial charge in [0.25, 0.3) is 5.91 Å². The summed E-state index contributed by atoms with van der Waals surface area (Å²) in [5, 5.41) is 2.87. The van der Waals surface area contributed by atoms with Crippen molar-refractivity contribution in [2.45, 2.75) is 23.6 Å². The number of benzene rings is 1. The smallest absolute Gasteiger partial charge is 0.253 e. The summed E-state index contributed by atoms with van der Waals surface area (Å²) in [5.74, 6) is -0.206. The lowest BCUT2D eigenvalue weighted by molar-refractivity contribution is -0.116. The molecule has 10 heteroatoms. The van der Waals surface area contributed by atoms with Gasteiger partial charge < -0.3 is 19.4 Å². The highest BCUT2D eigenvalue weighted by Gasteiger charge is 2.38. The predicted molar refractivity (Wildman–Crippen MR) is 118 cm³/mol. The number of hydrogen-bond donors (Lipinski definition) is 1. The number of likely N-dealkylation sites (N-methyl/N-ethyl adjacent to an activating group) is 1. The Bertz CT molecular complexity index is 1220. The maximum Gasteiger partial charge on any atom is 0.253 e. The highest BCUT2D eigenvalue weighted by molar-refractivity contribution is 7.89. The molecule has 1 N–H and O–H groups in total. The van der Waals surface area contributed by atoms with Crippen molar-refractivity contribution in [3.63, 3.8) is 0 Å². The maximum atomic E-state index is 13.1. The van der Waals surface area contributed by atoms with Crippen molar-refractivity contribution in [3.8, 4) is 0 Å². The van der Waals surface area contributed by atoms with Crippen LogP contribution in [0.5, 0.6) is 0 Å². The third-order valence-electron chi connectivity index (χ3n) is 5.90. The van der Waals surface area contributed by atoms with Crippen LogP contribution in [0.15, 0.2) is 59.9 Å². The molecule has 2 bridgehead atoms. The average molecular weight is 456 g/mol. The van der Waals surface area contributed by atoms with Gasteiger partial charge in [0.15, 0.2) is 0 Å².